The zero-order valence-corrected chi connectivity index (χ0v) is 16.1. The number of nitrogens with one attached hydrogen (secondary N) is 1. The van der Waals surface area contributed by atoms with Crippen molar-refractivity contribution >= 4 is 34.6 Å². The maximum atomic E-state index is 12.3. The summed E-state index contributed by atoms with van der Waals surface area (Å²) in [6.45, 7) is 0. The third-order valence-electron chi connectivity index (χ3n) is 4.32. The molecular weight excluding hydrogens is 394 g/mol. The lowest BCUT2D eigenvalue weighted by atomic mass is 10.1. The molecule has 7 nitrogen and oxygen atoms in total. The molecule has 4 aromatic rings. The number of esters is 1. The van der Waals surface area contributed by atoms with Crippen molar-refractivity contribution in [1.29, 1.82) is 5.26 Å². The van der Waals surface area contributed by atoms with Crippen molar-refractivity contribution in [3.05, 3.63) is 101 Å². The van der Waals surface area contributed by atoms with Crippen LogP contribution in [0.15, 0.2) is 82.2 Å². The summed E-state index contributed by atoms with van der Waals surface area (Å²) in [6.07, 6.45) is 5.88. The Balaban J connectivity index is 1.52. The Labute approximate surface area is 176 Å². The van der Waals surface area contributed by atoms with E-state index in [0.717, 1.165) is 0 Å². The molecule has 150 valence electrons. The lowest BCUT2D eigenvalue weighted by molar-refractivity contribution is -0.128. The molecule has 0 fully saturated rings. The number of carbonyl (C=O) groups excluding carboxylic acids is 1. The van der Waals surface area contributed by atoms with Crippen LogP contribution in [0.2, 0.25) is 0 Å². The van der Waals surface area contributed by atoms with E-state index in [1.54, 1.807) is 66.7 Å². The van der Waals surface area contributed by atoms with Gasteiger partial charge in [-0.2, -0.15) is 5.26 Å². The van der Waals surface area contributed by atoms with E-state index in [1.165, 1.54) is 18.4 Å². The van der Waals surface area contributed by atoms with Crippen molar-refractivity contribution < 1.29 is 13.9 Å². The number of rotatable bonds is 5. The standard InChI is InChI=1S/C24H15N3O4/c25-15-17(23-26-21-6-2-1-5-20(21)24(29)27-23)14-16-7-9-19(10-8-16)31-22(28)12-11-18-4-3-13-30-18/h1-14H,(H,26,27,29)/b12-11+,17-14+. The Morgan fingerprint density at radius 2 is 1.90 bits per heavy atom. The number of nitriles is 1. The van der Waals surface area contributed by atoms with E-state index in [-0.39, 0.29) is 17.0 Å². The average Bonchev–Trinajstić information content (AvgIpc) is 3.31. The van der Waals surface area contributed by atoms with Crippen LogP contribution < -0.4 is 10.3 Å². The predicted octanol–water partition coefficient (Wildman–Crippen LogP) is 4.20. The average molecular weight is 409 g/mol. The maximum absolute atomic E-state index is 12.3. The quantitative estimate of drug-likeness (QED) is 0.229. The van der Waals surface area contributed by atoms with Crippen LogP contribution in [0.25, 0.3) is 28.6 Å². The van der Waals surface area contributed by atoms with Gasteiger partial charge in [-0.15, -0.1) is 0 Å². The first-order chi connectivity index (χ1) is 15.1. The fourth-order valence-corrected chi connectivity index (χ4v) is 2.85. The van der Waals surface area contributed by atoms with Crippen LogP contribution in [0.1, 0.15) is 17.1 Å². The largest absolute Gasteiger partial charge is 0.465 e. The zero-order valence-electron chi connectivity index (χ0n) is 16.1. The summed E-state index contributed by atoms with van der Waals surface area (Å²) in [5.41, 5.74) is 1.08. The molecule has 31 heavy (non-hydrogen) atoms. The molecule has 0 aliphatic rings. The minimum Gasteiger partial charge on any atom is -0.465 e. The van der Waals surface area contributed by atoms with Gasteiger partial charge in [-0.05, 0) is 54.1 Å². The molecule has 0 atom stereocenters. The van der Waals surface area contributed by atoms with Gasteiger partial charge in [0.1, 0.15) is 17.6 Å². The number of hydrogen-bond donors (Lipinski definition) is 1. The monoisotopic (exact) mass is 409 g/mol. The summed E-state index contributed by atoms with van der Waals surface area (Å²) < 4.78 is 10.3. The van der Waals surface area contributed by atoms with Gasteiger partial charge < -0.3 is 14.1 Å². The first-order valence-electron chi connectivity index (χ1n) is 9.27. The first-order valence-corrected chi connectivity index (χ1v) is 9.27. The normalized spacial score (nSPS) is 11.5. The van der Waals surface area contributed by atoms with E-state index >= 15 is 0 Å². The molecule has 0 amide bonds. The Morgan fingerprint density at radius 1 is 1.10 bits per heavy atom. The van der Waals surface area contributed by atoms with Crippen molar-refractivity contribution in [2.24, 2.45) is 0 Å². The fourth-order valence-electron chi connectivity index (χ4n) is 2.85. The van der Waals surface area contributed by atoms with Gasteiger partial charge in [0.2, 0.25) is 0 Å². The second-order valence-corrected chi connectivity index (χ2v) is 6.44. The van der Waals surface area contributed by atoms with Gasteiger partial charge in [0, 0.05) is 6.08 Å². The molecule has 4 rings (SSSR count). The number of benzene rings is 2. The molecule has 0 saturated heterocycles. The van der Waals surface area contributed by atoms with Crippen LogP contribution in [0.5, 0.6) is 5.75 Å². The molecule has 0 bridgehead atoms. The van der Waals surface area contributed by atoms with E-state index < -0.39 is 5.97 Å². The number of allylic oxidation sites excluding steroid dienone is 1. The van der Waals surface area contributed by atoms with E-state index in [1.807, 2.05) is 0 Å². The van der Waals surface area contributed by atoms with Crippen molar-refractivity contribution in [2.75, 3.05) is 0 Å². The summed E-state index contributed by atoms with van der Waals surface area (Å²) in [4.78, 5) is 31.2. The van der Waals surface area contributed by atoms with E-state index in [0.29, 0.717) is 28.0 Å². The van der Waals surface area contributed by atoms with Crippen molar-refractivity contribution in [3.63, 3.8) is 0 Å². The van der Waals surface area contributed by atoms with Crippen molar-refractivity contribution in [3.8, 4) is 11.8 Å². The highest BCUT2D eigenvalue weighted by molar-refractivity contribution is 5.90. The minimum absolute atomic E-state index is 0.185. The van der Waals surface area contributed by atoms with Crippen LogP contribution in [0.4, 0.5) is 0 Å². The Morgan fingerprint density at radius 3 is 2.65 bits per heavy atom. The van der Waals surface area contributed by atoms with Crippen LogP contribution in [0.3, 0.4) is 0 Å². The highest BCUT2D eigenvalue weighted by atomic mass is 16.5. The predicted molar refractivity (Wildman–Crippen MR) is 116 cm³/mol. The lowest BCUT2D eigenvalue weighted by Crippen LogP contribution is -2.11. The number of furan rings is 1. The number of aromatic amines is 1. The number of ether oxygens (including phenoxy) is 1. The van der Waals surface area contributed by atoms with Gasteiger partial charge in [-0.1, -0.05) is 24.3 Å². The maximum Gasteiger partial charge on any atom is 0.336 e. The summed E-state index contributed by atoms with van der Waals surface area (Å²) in [5, 5.41) is 10.0. The van der Waals surface area contributed by atoms with E-state index in [2.05, 4.69) is 16.0 Å². The van der Waals surface area contributed by atoms with E-state index in [9.17, 15) is 14.9 Å². The Kier molecular flexibility index (Phi) is 5.54. The number of hydrogen-bond acceptors (Lipinski definition) is 6. The number of aromatic nitrogens is 2. The molecule has 0 radical (unpaired) electrons. The SMILES string of the molecule is N#C/C(=C\c1ccc(OC(=O)/C=C/c2ccco2)cc1)c1nc2ccccc2c(=O)[nH]1. The molecule has 7 heteroatoms. The Hall–Kier alpha value is -4.70. The van der Waals surface area contributed by atoms with Gasteiger partial charge in [0.25, 0.3) is 5.56 Å². The highest BCUT2D eigenvalue weighted by Crippen LogP contribution is 2.19. The third kappa shape index (κ3) is 4.66. The lowest BCUT2D eigenvalue weighted by Gasteiger charge is -2.03. The molecule has 0 aliphatic heterocycles. The second-order valence-electron chi connectivity index (χ2n) is 6.44. The van der Waals surface area contributed by atoms with Gasteiger partial charge in [-0.25, -0.2) is 9.78 Å². The third-order valence-corrected chi connectivity index (χ3v) is 4.32. The van der Waals surface area contributed by atoms with Gasteiger partial charge >= 0.3 is 5.97 Å². The topological polar surface area (TPSA) is 109 Å². The van der Waals surface area contributed by atoms with Crippen LogP contribution >= 0.6 is 0 Å². The van der Waals surface area contributed by atoms with E-state index in [4.69, 9.17) is 9.15 Å². The molecule has 1 N–H and O–H groups in total. The second kappa shape index (κ2) is 8.76. The summed E-state index contributed by atoms with van der Waals surface area (Å²) in [5.74, 6) is 0.531. The zero-order chi connectivity index (χ0) is 21.6. The molecule has 0 aliphatic carbocycles. The molecule has 2 heterocycles. The first kappa shape index (κ1) is 19.6. The number of carbonyl (C=O) groups is 1. The molecule has 2 aromatic carbocycles. The van der Waals surface area contributed by atoms with Crippen LogP contribution in [-0.2, 0) is 4.79 Å². The molecule has 0 spiro atoms. The molecule has 2 aromatic heterocycles. The van der Waals surface area contributed by atoms with Crippen LogP contribution in [0, 0.1) is 11.3 Å². The number of H-pyrrole nitrogens is 1. The number of para-hydroxylation sites is 1. The highest BCUT2D eigenvalue weighted by Gasteiger charge is 2.08. The van der Waals surface area contributed by atoms with Crippen molar-refractivity contribution in [2.45, 2.75) is 0 Å². The summed E-state index contributed by atoms with van der Waals surface area (Å²) in [6, 6.07) is 19.0. The molecular formula is C24H15N3O4. The molecule has 0 unspecified atom stereocenters. The number of nitrogens with zero attached hydrogens (tertiary/aromatic N) is 2. The van der Waals surface area contributed by atoms with Crippen molar-refractivity contribution in [1.82, 2.24) is 9.97 Å². The number of fused-ring (bicyclic) bond motifs is 1. The fraction of sp³-hybridized carbons (Fsp3) is 0. The Bertz CT molecular complexity index is 1390. The molecule has 0 saturated carbocycles. The van der Waals surface area contributed by atoms with Gasteiger partial charge in [0.05, 0.1) is 22.7 Å². The van der Waals surface area contributed by atoms with Gasteiger partial charge in [0.15, 0.2) is 5.82 Å². The summed E-state index contributed by atoms with van der Waals surface area (Å²) in [7, 11) is 0. The van der Waals surface area contributed by atoms with Crippen LogP contribution in [-0.4, -0.2) is 15.9 Å². The van der Waals surface area contributed by atoms with Gasteiger partial charge in [-0.3, -0.25) is 4.79 Å². The minimum atomic E-state index is -0.546. The summed E-state index contributed by atoms with van der Waals surface area (Å²) >= 11 is 0. The smallest absolute Gasteiger partial charge is 0.336 e.